The molecule has 0 spiro atoms. The lowest BCUT2D eigenvalue weighted by Gasteiger charge is -2.09. The second-order valence-corrected chi connectivity index (χ2v) is 5.41. The molecule has 112 valence electrons. The molecule has 2 aromatic rings. The Hall–Kier alpha value is -1.94. The number of benzene rings is 1. The molecule has 4 heteroatoms. The minimum Gasteiger partial charge on any atom is -0.473 e. The van der Waals surface area contributed by atoms with Crippen LogP contribution in [0.2, 0.25) is 0 Å². The Balaban J connectivity index is 1.90. The SMILES string of the molecule is CC(C)CNCc1ccnc(OCc2ccccc2F)c1. The molecular formula is C17H21FN2O. The lowest BCUT2D eigenvalue weighted by atomic mass is 10.2. The van der Waals surface area contributed by atoms with Crippen molar-refractivity contribution in [1.82, 2.24) is 10.3 Å². The van der Waals surface area contributed by atoms with Gasteiger partial charge in [-0.25, -0.2) is 9.37 Å². The number of nitrogens with one attached hydrogen (secondary N) is 1. The highest BCUT2D eigenvalue weighted by Gasteiger charge is 2.03. The van der Waals surface area contributed by atoms with Crippen molar-refractivity contribution in [1.29, 1.82) is 0 Å². The molecule has 0 radical (unpaired) electrons. The molecule has 0 aliphatic carbocycles. The maximum atomic E-state index is 13.5. The molecule has 0 aliphatic heterocycles. The number of aromatic nitrogens is 1. The van der Waals surface area contributed by atoms with E-state index in [0.29, 0.717) is 17.4 Å². The summed E-state index contributed by atoms with van der Waals surface area (Å²) in [6.45, 7) is 6.26. The molecule has 0 unspecified atom stereocenters. The summed E-state index contributed by atoms with van der Waals surface area (Å²) in [6.07, 6.45) is 1.71. The summed E-state index contributed by atoms with van der Waals surface area (Å²) in [7, 11) is 0. The summed E-state index contributed by atoms with van der Waals surface area (Å²) < 4.78 is 19.1. The molecule has 21 heavy (non-hydrogen) atoms. The summed E-state index contributed by atoms with van der Waals surface area (Å²) in [4.78, 5) is 4.15. The van der Waals surface area contributed by atoms with Gasteiger partial charge in [0.1, 0.15) is 12.4 Å². The standard InChI is InChI=1S/C17H21FN2O/c1-13(2)10-19-11-14-7-8-20-17(9-14)21-12-15-5-3-4-6-16(15)18/h3-9,13,19H,10-12H2,1-2H3. The van der Waals surface area contributed by atoms with Crippen LogP contribution in [-0.4, -0.2) is 11.5 Å². The number of hydrogen-bond donors (Lipinski definition) is 1. The van der Waals surface area contributed by atoms with Crippen LogP contribution in [0.3, 0.4) is 0 Å². The number of nitrogens with zero attached hydrogens (tertiary/aromatic N) is 1. The third-order valence-electron chi connectivity index (χ3n) is 3.01. The molecule has 0 bridgehead atoms. The first-order valence-corrected chi connectivity index (χ1v) is 7.17. The zero-order chi connectivity index (χ0) is 15.1. The molecule has 0 aliphatic rings. The van der Waals surface area contributed by atoms with E-state index >= 15 is 0 Å². The third kappa shape index (κ3) is 5.16. The zero-order valence-electron chi connectivity index (χ0n) is 12.5. The average molecular weight is 288 g/mol. The number of pyridine rings is 1. The second kappa shape index (κ2) is 7.74. The van der Waals surface area contributed by atoms with Gasteiger partial charge in [-0.3, -0.25) is 0 Å². The average Bonchev–Trinajstić information content (AvgIpc) is 2.46. The van der Waals surface area contributed by atoms with Crippen LogP contribution in [0.5, 0.6) is 5.88 Å². The van der Waals surface area contributed by atoms with Crippen LogP contribution in [0.4, 0.5) is 4.39 Å². The van der Waals surface area contributed by atoms with Crippen LogP contribution in [0.25, 0.3) is 0 Å². The number of ether oxygens (including phenoxy) is 1. The normalized spacial score (nSPS) is 10.9. The van der Waals surface area contributed by atoms with Gasteiger partial charge in [0.25, 0.3) is 0 Å². The van der Waals surface area contributed by atoms with Gasteiger partial charge >= 0.3 is 0 Å². The van der Waals surface area contributed by atoms with Crippen molar-refractivity contribution in [2.45, 2.75) is 27.0 Å². The summed E-state index contributed by atoms with van der Waals surface area (Å²) in [6, 6.07) is 10.4. The number of hydrogen-bond acceptors (Lipinski definition) is 3. The van der Waals surface area contributed by atoms with Crippen molar-refractivity contribution < 1.29 is 9.13 Å². The Morgan fingerprint density at radius 1 is 1.24 bits per heavy atom. The van der Waals surface area contributed by atoms with E-state index in [2.05, 4.69) is 24.1 Å². The summed E-state index contributed by atoms with van der Waals surface area (Å²) in [5.41, 5.74) is 1.64. The highest BCUT2D eigenvalue weighted by Crippen LogP contribution is 2.13. The lowest BCUT2D eigenvalue weighted by Crippen LogP contribution is -2.19. The topological polar surface area (TPSA) is 34.2 Å². The highest BCUT2D eigenvalue weighted by molar-refractivity contribution is 5.22. The molecular weight excluding hydrogens is 267 g/mol. The van der Waals surface area contributed by atoms with Crippen LogP contribution in [0.15, 0.2) is 42.6 Å². The Bertz CT molecular complexity index is 572. The third-order valence-corrected chi connectivity index (χ3v) is 3.01. The Labute approximate surface area is 125 Å². The molecule has 1 aromatic heterocycles. The molecule has 0 fully saturated rings. The van der Waals surface area contributed by atoms with Crippen molar-refractivity contribution in [2.24, 2.45) is 5.92 Å². The predicted molar refractivity (Wildman–Crippen MR) is 81.5 cm³/mol. The zero-order valence-corrected chi connectivity index (χ0v) is 12.5. The highest BCUT2D eigenvalue weighted by atomic mass is 19.1. The first-order chi connectivity index (χ1) is 10.1. The molecule has 0 amide bonds. The van der Waals surface area contributed by atoms with Gasteiger partial charge in [0, 0.05) is 24.4 Å². The van der Waals surface area contributed by atoms with Crippen molar-refractivity contribution in [3.63, 3.8) is 0 Å². The summed E-state index contributed by atoms with van der Waals surface area (Å²) >= 11 is 0. The second-order valence-electron chi connectivity index (χ2n) is 5.41. The van der Waals surface area contributed by atoms with E-state index in [1.807, 2.05) is 12.1 Å². The monoisotopic (exact) mass is 288 g/mol. The molecule has 3 nitrogen and oxygen atoms in total. The maximum Gasteiger partial charge on any atom is 0.213 e. The lowest BCUT2D eigenvalue weighted by molar-refractivity contribution is 0.287. The van der Waals surface area contributed by atoms with Crippen LogP contribution in [0, 0.1) is 11.7 Å². The van der Waals surface area contributed by atoms with Gasteiger partial charge in [-0.2, -0.15) is 0 Å². The number of halogens is 1. The Morgan fingerprint density at radius 2 is 2.05 bits per heavy atom. The molecule has 2 rings (SSSR count). The van der Waals surface area contributed by atoms with Gasteiger partial charge in [0.15, 0.2) is 0 Å². The molecule has 0 saturated carbocycles. The first kappa shape index (κ1) is 15.4. The van der Waals surface area contributed by atoms with Crippen molar-refractivity contribution >= 4 is 0 Å². The van der Waals surface area contributed by atoms with E-state index < -0.39 is 0 Å². The maximum absolute atomic E-state index is 13.5. The van der Waals surface area contributed by atoms with E-state index in [1.54, 1.807) is 24.4 Å². The van der Waals surface area contributed by atoms with E-state index in [9.17, 15) is 4.39 Å². The Morgan fingerprint density at radius 3 is 2.81 bits per heavy atom. The summed E-state index contributed by atoms with van der Waals surface area (Å²) in [5.74, 6) is 0.873. The van der Waals surface area contributed by atoms with Crippen molar-refractivity contribution in [2.75, 3.05) is 6.54 Å². The largest absolute Gasteiger partial charge is 0.473 e. The van der Waals surface area contributed by atoms with Crippen LogP contribution in [0.1, 0.15) is 25.0 Å². The first-order valence-electron chi connectivity index (χ1n) is 7.17. The van der Waals surface area contributed by atoms with Gasteiger partial charge in [-0.05, 0) is 30.2 Å². The molecule has 0 saturated heterocycles. The van der Waals surface area contributed by atoms with E-state index in [-0.39, 0.29) is 12.4 Å². The van der Waals surface area contributed by atoms with Crippen LogP contribution in [-0.2, 0) is 13.2 Å². The van der Waals surface area contributed by atoms with Gasteiger partial charge in [-0.1, -0.05) is 32.0 Å². The smallest absolute Gasteiger partial charge is 0.213 e. The van der Waals surface area contributed by atoms with E-state index in [0.717, 1.165) is 18.7 Å². The van der Waals surface area contributed by atoms with Gasteiger partial charge in [0.2, 0.25) is 5.88 Å². The van der Waals surface area contributed by atoms with E-state index in [4.69, 9.17) is 4.74 Å². The fourth-order valence-electron chi connectivity index (χ4n) is 1.91. The fraction of sp³-hybridized carbons (Fsp3) is 0.353. The van der Waals surface area contributed by atoms with Crippen molar-refractivity contribution in [3.05, 3.63) is 59.5 Å². The summed E-state index contributed by atoms with van der Waals surface area (Å²) in [5, 5.41) is 3.37. The van der Waals surface area contributed by atoms with E-state index in [1.165, 1.54) is 6.07 Å². The van der Waals surface area contributed by atoms with Crippen LogP contribution >= 0.6 is 0 Å². The number of rotatable bonds is 7. The minimum atomic E-state index is -0.257. The quantitative estimate of drug-likeness (QED) is 0.846. The Kier molecular flexibility index (Phi) is 5.69. The van der Waals surface area contributed by atoms with Gasteiger partial charge in [-0.15, -0.1) is 0 Å². The predicted octanol–water partition coefficient (Wildman–Crippen LogP) is 3.55. The van der Waals surface area contributed by atoms with Crippen LogP contribution < -0.4 is 10.1 Å². The molecule has 1 heterocycles. The van der Waals surface area contributed by atoms with Gasteiger partial charge in [0.05, 0.1) is 0 Å². The minimum absolute atomic E-state index is 0.183. The fourth-order valence-corrected chi connectivity index (χ4v) is 1.91. The molecule has 1 N–H and O–H groups in total. The van der Waals surface area contributed by atoms with Crippen molar-refractivity contribution in [3.8, 4) is 5.88 Å². The molecule has 1 aromatic carbocycles. The molecule has 0 atom stereocenters. The van der Waals surface area contributed by atoms with Gasteiger partial charge < -0.3 is 10.1 Å².